The van der Waals surface area contributed by atoms with E-state index in [0.29, 0.717) is 23.7 Å². The van der Waals surface area contributed by atoms with E-state index in [0.717, 1.165) is 17.1 Å². The maximum atomic E-state index is 12.1. The van der Waals surface area contributed by atoms with Gasteiger partial charge in [0.1, 0.15) is 0 Å². The quantitative estimate of drug-likeness (QED) is 0.104. The van der Waals surface area contributed by atoms with Gasteiger partial charge in [-0.05, 0) is 0 Å². The second kappa shape index (κ2) is 13.9. The molecule has 7 heteroatoms. The van der Waals surface area contributed by atoms with Crippen LogP contribution >= 0.6 is 0 Å². The van der Waals surface area contributed by atoms with Crippen molar-refractivity contribution in [2.75, 3.05) is 3.86 Å². The van der Waals surface area contributed by atoms with Gasteiger partial charge >= 0.3 is 247 Å². The normalized spacial score (nSPS) is 13.2. The number of rotatable bonds is 12. The Bertz CT molecular complexity index is 1140. The Morgan fingerprint density at radius 3 is 1.54 bits per heavy atom. The van der Waals surface area contributed by atoms with Crippen molar-refractivity contribution in [1.29, 1.82) is 0 Å². The molecule has 212 valence electrons. The first-order valence-corrected chi connectivity index (χ1v) is 19.6. The number of benzene rings is 2. The number of hydrogen-bond donors (Lipinski definition) is 0. The summed E-state index contributed by atoms with van der Waals surface area (Å²) in [6.07, 6.45) is 2.19. The summed E-state index contributed by atoms with van der Waals surface area (Å²) in [5, 5.41) is 3.57. The van der Waals surface area contributed by atoms with Gasteiger partial charge in [-0.25, -0.2) is 0 Å². The van der Waals surface area contributed by atoms with Crippen LogP contribution in [0.5, 0.6) is 0 Å². The molecular weight excluding hydrogens is 557 g/mol. The molecule has 0 unspecified atom stereocenters. The third-order valence-electron chi connectivity index (χ3n) is 6.88. The number of nitroso groups, excluding NO2 is 1. The molecule has 39 heavy (non-hydrogen) atoms. The Labute approximate surface area is 246 Å². The van der Waals surface area contributed by atoms with Crippen molar-refractivity contribution in [3.8, 4) is 0 Å². The Balaban J connectivity index is 2.79. The van der Waals surface area contributed by atoms with E-state index < -0.39 is 24.1 Å². The third-order valence-corrected chi connectivity index (χ3v) is 15.2. The molecule has 0 saturated carbocycles. The van der Waals surface area contributed by atoms with Crippen LogP contribution in [0.4, 0.5) is 11.4 Å². The SMILES string of the molecule is CC(/C=C(/C)[N]([Ge][N](N=O)[Si](C)(C)C)c1c(C(C)C)cccc1C(C)C)=Nc1c(C(C)C)cccc1C(C)C. The third kappa shape index (κ3) is 8.40. The van der Waals surface area contributed by atoms with Crippen LogP contribution in [0.3, 0.4) is 0 Å². The van der Waals surface area contributed by atoms with E-state index in [1.807, 2.05) is 3.63 Å². The molecule has 0 atom stereocenters. The Hall–Kier alpha value is -2.19. The predicted molar refractivity (Wildman–Crippen MR) is 175 cm³/mol. The van der Waals surface area contributed by atoms with E-state index in [1.165, 1.54) is 27.9 Å². The van der Waals surface area contributed by atoms with E-state index in [9.17, 15) is 4.91 Å². The molecule has 0 bridgehead atoms. The summed E-state index contributed by atoms with van der Waals surface area (Å²) < 4.78 is 4.31. The molecule has 0 aliphatic carbocycles. The summed E-state index contributed by atoms with van der Waals surface area (Å²) in [4.78, 5) is 17.3. The first kappa shape index (κ1) is 33.0. The van der Waals surface area contributed by atoms with Crippen molar-refractivity contribution in [2.24, 2.45) is 10.3 Å². The molecule has 0 heterocycles. The van der Waals surface area contributed by atoms with Gasteiger partial charge in [0.2, 0.25) is 0 Å². The van der Waals surface area contributed by atoms with Crippen molar-refractivity contribution in [1.82, 2.24) is 3.63 Å². The minimum atomic E-state index is -1.95. The first-order valence-electron chi connectivity index (χ1n) is 14.3. The Morgan fingerprint density at radius 2 is 1.18 bits per heavy atom. The zero-order valence-electron chi connectivity index (χ0n) is 26.5. The molecule has 0 N–H and O–H groups in total. The van der Waals surface area contributed by atoms with E-state index in [2.05, 4.69) is 140 Å². The fourth-order valence-electron chi connectivity index (χ4n) is 4.68. The van der Waals surface area contributed by atoms with Crippen LogP contribution in [0, 0.1) is 4.91 Å². The van der Waals surface area contributed by atoms with Crippen molar-refractivity contribution in [3.63, 3.8) is 0 Å². The summed E-state index contributed by atoms with van der Waals surface area (Å²) in [7, 11) is -1.95. The average molecular weight is 607 g/mol. The summed E-state index contributed by atoms with van der Waals surface area (Å²) in [5.41, 5.74) is 9.56. The van der Waals surface area contributed by atoms with Crippen molar-refractivity contribution < 1.29 is 0 Å². The molecule has 2 radical (unpaired) electrons. The van der Waals surface area contributed by atoms with Gasteiger partial charge in [0.25, 0.3) is 0 Å². The van der Waals surface area contributed by atoms with Gasteiger partial charge in [0.05, 0.1) is 0 Å². The van der Waals surface area contributed by atoms with Gasteiger partial charge in [-0.15, -0.1) is 0 Å². The number of para-hydroxylation sites is 2. The average Bonchev–Trinajstić information content (AvgIpc) is 2.82. The zero-order chi connectivity index (χ0) is 29.7. The van der Waals surface area contributed by atoms with Crippen LogP contribution in [-0.2, 0) is 0 Å². The molecule has 0 amide bonds. The Kier molecular flexibility index (Phi) is 11.8. The fraction of sp³-hybridized carbons (Fsp3) is 0.531. The predicted octanol–water partition coefficient (Wildman–Crippen LogP) is 10.0. The number of nitrogens with zero attached hydrogens (tertiary/aromatic N) is 4. The summed E-state index contributed by atoms with van der Waals surface area (Å²) >= 11 is -1.08. The molecule has 2 aromatic carbocycles. The molecule has 0 aliphatic rings. The molecule has 0 aliphatic heterocycles. The van der Waals surface area contributed by atoms with E-state index in [1.54, 1.807) is 0 Å². The molecule has 0 spiro atoms. The van der Waals surface area contributed by atoms with E-state index in [-0.39, 0.29) is 0 Å². The van der Waals surface area contributed by atoms with Gasteiger partial charge < -0.3 is 0 Å². The van der Waals surface area contributed by atoms with Crippen LogP contribution in [0.1, 0.15) is 115 Å². The van der Waals surface area contributed by atoms with Crippen molar-refractivity contribution >= 4 is 41.2 Å². The number of hydrogen-bond acceptors (Lipinski definition) is 4. The van der Waals surface area contributed by atoms with E-state index in [4.69, 9.17) is 4.99 Å². The molecule has 0 saturated heterocycles. The van der Waals surface area contributed by atoms with Gasteiger partial charge in [0, 0.05) is 0 Å². The molecular formula is C32H50GeN4OSi. The number of allylic oxidation sites excluding steroid dienone is 2. The molecule has 5 nitrogen and oxygen atoms in total. The van der Waals surface area contributed by atoms with E-state index >= 15 is 0 Å². The van der Waals surface area contributed by atoms with Crippen molar-refractivity contribution in [3.05, 3.63) is 75.3 Å². The molecule has 0 aromatic heterocycles. The summed E-state index contributed by atoms with van der Waals surface area (Å²) in [6.45, 7) is 28.7. The zero-order valence-corrected chi connectivity index (χ0v) is 29.6. The summed E-state index contributed by atoms with van der Waals surface area (Å²) in [6, 6.07) is 13.2. The first-order chi connectivity index (χ1) is 18.1. The van der Waals surface area contributed by atoms with Gasteiger partial charge in [-0.1, -0.05) is 0 Å². The van der Waals surface area contributed by atoms with Crippen LogP contribution in [0.15, 0.2) is 58.4 Å². The van der Waals surface area contributed by atoms with Crippen LogP contribution < -0.4 is 3.86 Å². The molecule has 0 fully saturated rings. The second-order valence-electron chi connectivity index (χ2n) is 12.7. The van der Waals surface area contributed by atoms with Crippen LogP contribution in [0.2, 0.25) is 19.6 Å². The van der Waals surface area contributed by atoms with Gasteiger partial charge in [-0.3, -0.25) is 0 Å². The van der Waals surface area contributed by atoms with Crippen molar-refractivity contribution in [2.45, 2.75) is 113 Å². The fourth-order valence-corrected chi connectivity index (χ4v) is 9.32. The monoisotopic (exact) mass is 608 g/mol. The minimum absolute atomic E-state index is 0.353. The molecule has 2 rings (SSSR count). The summed E-state index contributed by atoms with van der Waals surface area (Å²) in [5.74, 6) is 1.48. The number of aliphatic imine (C=N–C) groups is 1. The Morgan fingerprint density at radius 1 is 0.769 bits per heavy atom. The molecule has 2 aromatic rings. The second-order valence-corrected chi connectivity index (χ2v) is 20.7. The standard InChI is InChI=1S/C32H50GeN4OSi/c1-21(2)27-16-14-17-28(22(3)4)31(27)34-25(9)20-26(10)36(33-37(35-38)39(11,12)13)32-29(23(5)6)18-15-19-30(32)24(7)8/h14-24H,1-13H3/b26-20-,34-25?. The topological polar surface area (TPSA) is 48.3 Å². The maximum absolute atomic E-state index is 12.1. The van der Waals surface area contributed by atoms with Crippen LogP contribution in [0.25, 0.3) is 0 Å². The number of anilines is 1. The van der Waals surface area contributed by atoms with Gasteiger partial charge in [0.15, 0.2) is 0 Å². The van der Waals surface area contributed by atoms with Gasteiger partial charge in [-0.2, -0.15) is 0 Å². The van der Waals surface area contributed by atoms with Crippen LogP contribution in [-0.4, -0.2) is 33.5 Å².